The molecule has 2 unspecified atom stereocenters. The fraction of sp³-hybridized carbons (Fsp3) is 0.500. The molecule has 1 rings (SSSR count). The van der Waals surface area contributed by atoms with Crippen molar-refractivity contribution in [2.45, 2.75) is 24.8 Å². The molecule has 4 nitrogen and oxygen atoms in total. The van der Waals surface area contributed by atoms with Gasteiger partial charge in [0.1, 0.15) is 11.9 Å². The van der Waals surface area contributed by atoms with E-state index in [0.29, 0.717) is 11.8 Å². The molecule has 0 aliphatic rings. The highest BCUT2D eigenvalue weighted by Gasteiger charge is 2.34. The van der Waals surface area contributed by atoms with Crippen LogP contribution in [0.3, 0.4) is 0 Å². The minimum absolute atomic E-state index is 0.134. The third-order valence-electron chi connectivity index (χ3n) is 2.38. The average molecular weight is 282 g/mol. The van der Waals surface area contributed by atoms with Crippen molar-refractivity contribution >= 4 is 18.4 Å². The van der Waals surface area contributed by atoms with Gasteiger partial charge in [0.2, 0.25) is 0 Å². The first-order valence-corrected chi connectivity index (χ1v) is 5.70. The summed E-state index contributed by atoms with van der Waals surface area (Å²) >= 11 is 3.86. The normalized spacial score (nSPS) is 15.4. The monoisotopic (exact) mass is 282 g/mol. The number of aliphatic hydroxyl groups is 2. The van der Waals surface area contributed by atoms with Gasteiger partial charge in [-0.15, -0.1) is 0 Å². The second-order valence-electron chi connectivity index (χ2n) is 3.72. The lowest BCUT2D eigenvalue weighted by atomic mass is 10.0. The minimum atomic E-state index is -4.65. The number of alkyl halides is 3. The summed E-state index contributed by atoms with van der Waals surface area (Å²) in [6.45, 7) is 0. The number of aliphatic hydroxyl groups excluding tert-OH is 2. The van der Waals surface area contributed by atoms with Crippen LogP contribution < -0.4 is 5.73 Å². The maximum Gasteiger partial charge on any atom is 0.419 e. The van der Waals surface area contributed by atoms with E-state index in [2.05, 4.69) is 17.6 Å². The van der Waals surface area contributed by atoms with Gasteiger partial charge < -0.3 is 15.9 Å². The standard InChI is InChI=1S/C10H13F3N2O2S/c11-10(12,13)6-3-5(4-15-9(6)14)8(17)7(16)1-2-18/h3-4,7-8,16-18H,1-2H2,(H2,14,15). The number of hydrogen-bond acceptors (Lipinski definition) is 5. The molecule has 18 heavy (non-hydrogen) atoms. The topological polar surface area (TPSA) is 79.4 Å². The van der Waals surface area contributed by atoms with E-state index in [1.165, 1.54) is 0 Å². The maximum atomic E-state index is 12.6. The Hall–Kier alpha value is -0.990. The zero-order chi connectivity index (χ0) is 13.9. The molecule has 0 fully saturated rings. The van der Waals surface area contributed by atoms with Crippen LogP contribution in [0.2, 0.25) is 0 Å². The van der Waals surface area contributed by atoms with Crippen LogP contribution in [0, 0.1) is 0 Å². The van der Waals surface area contributed by atoms with Crippen LogP contribution in [0.1, 0.15) is 23.7 Å². The van der Waals surface area contributed by atoms with Gasteiger partial charge in [0.05, 0.1) is 11.7 Å². The van der Waals surface area contributed by atoms with Crippen LogP contribution in [0.4, 0.5) is 19.0 Å². The summed E-state index contributed by atoms with van der Waals surface area (Å²) in [6, 6.07) is 0.689. The number of nitrogen functional groups attached to an aromatic ring is 1. The molecule has 0 spiro atoms. The molecular formula is C10H13F3N2O2S. The third kappa shape index (κ3) is 3.50. The van der Waals surface area contributed by atoms with Gasteiger partial charge in [-0.2, -0.15) is 25.8 Å². The van der Waals surface area contributed by atoms with E-state index >= 15 is 0 Å². The highest BCUT2D eigenvalue weighted by molar-refractivity contribution is 7.80. The Morgan fingerprint density at radius 3 is 2.50 bits per heavy atom. The Kier molecular flexibility index (Phi) is 4.83. The predicted octanol–water partition coefficient (Wildman–Crippen LogP) is 1.40. The Balaban J connectivity index is 3.05. The molecule has 0 aliphatic carbocycles. The summed E-state index contributed by atoms with van der Waals surface area (Å²) in [7, 11) is 0. The average Bonchev–Trinajstić information content (AvgIpc) is 2.27. The van der Waals surface area contributed by atoms with Gasteiger partial charge >= 0.3 is 6.18 Å². The minimum Gasteiger partial charge on any atom is -0.390 e. The first kappa shape index (κ1) is 15.1. The van der Waals surface area contributed by atoms with Gasteiger partial charge in [0.25, 0.3) is 0 Å². The molecule has 0 amide bonds. The number of thiol groups is 1. The Morgan fingerprint density at radius 1 is 1.39 bits per heavy atom. The number of halogens is 3. The van der Waals surface area contributed by atoms with Gasteiger partial charge in [-0.25, -0.2) is 4.98 Å². The molecule has 1 aromatic heterocycles. The molecule has 8 heteroatoms. The van der Waals surface area contributed by atoms with Gasteiger partial charge in [0.15, 0.2) is 0 Å². The first-order valence-electron chi connectivity index (χ1n) is 5.07. The van der Waals surface area contributed by atoms with Crippen molar-refractivity contribution in [1.29, 1.82) is 0 Å². The number of nitrogens with two attached hydrogens (primary N) is 1. The van der Waals surface area contributed by atoms with Crippen LogP contribution in [-0.4, -0.2) is 27.1 Å². The van der Waals surface area contributed by atoms with Crippen molar-refractivity contribution in [3.8, 4) is 0 Å². The summed E-state index contributed by atoms with van der Waals surface area (Å²) < 4.78 is 37.7. The predicted molar refractivity (Wildman–Crippen MR) is 63.1 cm³/mol. The number of anilines is 1. The van der Waals surface area contributed by atoms with E-state index < -0.39 is 29.8 Å². The van der Waals surface area contributed by atoms with Crippen LogP contribution in [0.5, 0.6) is 0 Å². The number of hydrogen-bond donors (Lipinski definition) is 4. The van der Waals surface area contributed by atoms with Gasteiger partial charge in [-0.05, 0) is 18.2 Å². The van der Waals surface area contributed by atoms with Crippen molar-refractivity contribution in [2.24, 2.45) is 0 Å². The molecule has 2 atom stereocenters. The molecule has 0 saturated heterocycles. The molecule has 4 N–H and O–H groups in total. The Labute approximate surface area is 107 Å². The first-order chi connectivity index (χ1) is 8.27. The number of pyridine rings is 1. The zero-order valence-electron chi connectivity index (χ0n) is 9.22. The van der Waals surface area contributed by atoms with Crippen molar-refractivity contribution in [3.05, 3.63) is 23.4 Å². The van der Waals surface area contributed by atoms with Crippen molar-refractivity contribution < 1.29 is 23.4 Å². The fourth-order valence-corrected chi connectivity index (χ4v) is 1.66. The molecule has 1 heterocycles. The van der Waals surface area contributed by atoms with E-state index in [1.54, 1.807) is 0 Å². The Morgan fingerprint density at radius 2 is 2.00 bits per heavy atom. The number of aromatic nitrogens is 1. The summed E-state index contributed by atoms with van der Waals surface area (Å²) in [5.74, 6) is -0.366. The van der Waals surface area contributed by atoms with Crippen molar-refractivity contribution in [3.63, 3.8) is 0 Å². The largest absolute Gasteiger partial charge is 0.419 e. The summed E-state index contributed by atoms with van der Waals surface area (Å²) in [4.78, 5) is 3.38. The van der Waals surface area contributed by atoms with Crippen molar-refractivity contribution in [1.82, 2.24) is 4.98 Å². The van der Waals surface area contributed by atoms with E-state index in [1.807, 2.05) is 0 Å². The second kappa shape index (κ2) is 5.77. The highest BCUT2D eigenvalue weighted by atomic mass is 32.1. The van der Waals surface area contributed by atoms with Gasteiger partial charge in [-0.1, -0.05) is 0 Å². The third-order valence-corrected chi connectivity index (χ3v) is 2.63. The molecule has 0 radical (unpaired) electrons. The van der Waals surface area contributed by atoms with Crippen LogP contribution in [-0.2, 0) is 6.18 Å². The molecule has 102 valence electrons. The molecule has 0 aliphatic heterocycles. The lowest BCUT2D eigenvalue weighted by Crippen LogP contribution is -2.20. The lowest BCUT2D eigenvalue weighted by Gasteiger charge is -2.18. The lowest BCUT2D eigenvalue weighted by molar-refractivity contribution is -0.137. The maximum absolute atomic E-state index is 12.6. The van der Waals surface area contributed by atoms with Crippen LogP contribution >= 0.6 is 12.6 Å². The second-order valence-corrected chi connectivity index (χ2v) is 4.17. The highest BCUT2D eigenvalue weighted by Crippen LogP contribution is 2.34. The summed E-state index contributed by atoms with van der Waals surface area (Å²) in [6.07, 6.45) is -6.14. The smallest absolute Gasteiger partial charge is 0.390 e. The quantitative estimate of drug-likeness (QED) is 0.629. The SMILES string of the molecule is Nc1ncc(C(O)C(O)CCS)cc1C(F)(F)F. The fourth-order valence-electron chi connectivity index (χ4n) is 1.39. The number of nitrogens with zero attached hydrogens (tertiary/aromatic N) is 1. The molecule has 0 aromatic carbocycles. The Bertz CT molecular complexity index is 415. The molecule has 0 saturated carbocycles. The van der Waals surface area contributed by atoms with E-state index in [0.717, 1.165) is 6.20 Å². The zero-order valence-corrected chi connectivity index (χ0v) is 10.1. The summed E-state index contributed by atoms with van der Waals surface area (Å²) in [5, 5.41) is 19.2. The van der Waals surface area contributed by atoms with E-state index in [9.17, 15) is 23.4 Å². The summed E-state index contributed by atoms with van der Waals surface area (Å²) in [5.41, 5.74) is 3.86. The van der Waals surface area contributed by atoms with E-state index in [-0.39, 0.29) is 12.0 Å². The molecule has 1 aromatic rings. The van der Waals surface area contributed by atoms with Crippen molar-refractivity contribution in [2.75, 3.05) is 11.5 Å². The molecule has 0 bridgehead atoms. The van der Waals surface area contributed by atoms with Gasteiger partial charge in [0, 0.05) is 11.8 Å². The number of rotatable bonds is 4. The molecular weight excluding hydrogens is 269 g/mol. The van der Waals surface area contributed by atoms with Gasteiger partial charge in [-0.3, -0.25) is 0 Å². The van der Waals surface area contributed by atoms with Crippen LogP contribution in [0.15, 0.2) is 12.3 Å². The van der Waals surface area contributed by atoms with Crippen LogP contribution in [0.25, 0.3) is 0 Å². The van der Waals surface area contributed by atoms with E-state index in [4.69, 9.17) is 5.73 Å².